The zero-order valence-corrected chi connectivity index (χ0v) is 14.5. The minimum Gasteiger partial charge on any atom is -0.454 e. The first-order chi connectivity index (χ1) is 13.2. The molecular formula is C20H18FN3O3. The molecule has 0 aliphatic carbocycles. The number of ether oxygens (including phenoxy) is 2. The lowest BCUT2D eigenvalue weighted by Gasteiger charge is -2.07. The summed E-state index contributed by atoms with van der Waals surface area (Å²) < 4.78 is 24.1. The summed E-state index contributed by atoms with van der Waals surface area (Å²) in [4.78, 5) is 12.1. The SMILES string of the molecule is N#C/C(=C/NCCc1ccccc1F)C(=O)NCc1ccc2c(c1)OCO2. The summed E-state index contributed by atoms with van der Waals surface area (Å²) in [7, 11) is 0. The minimum atomic E-state index is -0.492. The van der Waals surface area contributed by atoms with Gasteiger partial charge < -0.3 is 20.1 Å². The van der Waals surface area contributed by atoms with E-state index in [0.29, 0.717) is 30.0 Å². The summed E-state index contributed by atoms with van der Waals surface area (Å²) in [6, 6.07) is 13.7. The van der Waals surface area contributed by atoms with Gasteiger partial charge in [-0.15, -0.1) is 0 Å². The second-order valence-electron chi connectivity index (χ2n) is 5.84. The van der Waals surface area contributed by atoms with Gasteiger partial charge in [0.2, 0.25) is 6.79 Å². The highest BCUT2D eigenvalue weighted by Gasteiger charge is 2.14. The predicted octanol–water partition coefficient (Wildman–Crippen LogP) is 2.41. The molecule has 2 N–H and O–H groups in total. The van der Waals surface area contributed by atoms with Gasteiger partial charge in [-0.1, -0.05) is 24.3 Å². The van der Waals surface area contributed by atoms with Crippen LogP contribution < -0.4 is 20.1 Å². The smallest absolute Gasteiger partial charge is 0.263 e. The lowest BCUT2D eigenvalue weighted by Crippen LogP contribution is -2.25. The number of halogens is 1. The highest BCUT2D eigenvalue weighted by molar-refractivity contribution is 5.97. The van der Waals surface area contributed by atoms with Crippen molar-refractivity contribution in [2.24, 2.45) is 0 Å². The van der Waals surface area contributed by atoms with Gasteiger partial charge in [0.25, 0.3) is 5.91 Å². The third kappa shape index (κ3) is 4.76. The van der Waals surface area contributed by atoms with Crippen LogP contribution in [0.2, 0.25) is 0 Å². The van der Waals surface area contributed by atoms with Crippen LogP contribution in [-0.2, 0) is 17.8 Å². The lowest BCUT2D eigenvalue weighted by molar-refractivity contribution is -0.117. The number of fused-ring (bicyclic) bond motifs is 1. The molecule has 1 amide bonds. The predicted molar refractivity (Wildman–Crippen MR) is 96.2 cm³/mol. The van der Waals surface area contributed by atoms with Crippen molar-refractivity contribution in [1.82, 2.24) is 10.6 Å². The van der Waals surface area contributed by atoms with Gasteiger partial charge in [0.05, 0.1) is 0 Å². The molecule has 0 atom stereocenters. The van der Waals surface area contributed by atoms with Crippen LogP contribution in [0.1, 0.15) is 11.1 Å². The third-order valence-corrected chi connectivity index (χ3v) is 4.00. The molecule has 0 unspecified atom stereocenters. The molecule has 138 valence electrons. The van der Waals surface area contributed by atoms with E-state index in [0.717, 1.165) is 5.56 Å². The maximum atomic E-state index is 13.5. The van der Waals surface area contributed by atoms with Crippen molar-refractivity contribution in [2.75, 3.05) is 13.3 Å². The summed E-state index contributed by atoms with van der Waals surface area (Å²) in [6.07, 6.45) is 1.79. The zero-order valence-electron chi connectivity index (χ0n) is 14.5. The van der Waals surface area contributed by atoms with Gasteiger partial charge in [-0.3, -0.25) is 4.79 Å². The quantitative estimate of drug-likeness (QED) is 0.446. The van der Waals surface area contributed by atoms with Gasteiger partial charge in [-0.2, -0.15) is 5.26 Å². The summed E-state index contributed by atoms with van der Waals surface area (Å²) in [5.41, 5.74) is 1.35. The minimum absolute atomic E-state index is 0.0516. The molecule has 0 saturated heterocycles. The van der Waals surface area contributed by atoms with Crippen molar-refractivity contribution in [2.45, 2.75) is 13.0 Å². The van der Waals surface area contributed by atoms with E-state index in [1.54, 1.807) is 30.3 Å². The van der Waals surface area contributed by atoms with Gasteiger partial charge in [0, 0.05) is 19.3 Å². The first-order valence-electron chi connectivity index (χ1n) is 8.41. The van der Waals surface area contributed by atoms with Crippen molar-refractivity contribution >= 4 is 5.91 Å². The third-order valence-electron chi connectivity index (χ3n) is 4.00. The highest BCUT2D eigenvalue weighted by Crippen LogP contribution is 2.32. The first kappa shape index (κ1) is 18.3. The zero-order chi connectivity index (χ0) is 19.1. The fourth-order valence-electron chi connectivity index (χ4n) is 2.56. The van der Waals surface area contributed by atoms with E-state index in [9.17, 15) is 9.18 Å². The molecule has 0 saturated carbocycles. The fourth-order valence-corrected chi connectivity index (χ4v) is 2.56. The monoisotopic (exact) mass is 367 g/mol. The summed E-state index contributed by atoms with van der Waals surface area (Å²) in [5, 5.41) is 14.7. The van der Waals surface area contributed by atoms with Gasteiger partial charge in [0.1, 0.15) is 17.5 Å². The Labute approximate surface area is 156 Å². The van der Waals surface area contributed by atoms with Crippen molar-refractivity contribution in [3.05, 3.63) is 71.2 Å². The molecule has 6 nitrogen and oxygen atoms in total. The molecule has 1 aliphatic rings. The van der Waals surface area contributed by atoms with E-state index in [4.69, 9.17) is 14.7 Å². The Morgan fingerprint density at radius 1 is 1.22 bits per heavy atom. The summed E-state index contributed by atoms with van der Waals surface area (Å²) in [6.45, 7) is 0.844. The normalized spacial score (nSPS) is 12.4. The molecule has 7 heteroatoms. The number of carbonyl (C=O) groups excluding carboxylic acids is 1. The van der Waals surface area contributed by atoms with E-state index >= 15 is 0 Å². The van der Waals surface area contributed by atoms with Crippen LogP contribution in [0.15, 0.2) is 54.2 Å². The number of hydrogen-bond donors (Lipinski definition) is 2. The second kappa shape index (κ2) is 8.72. The molecule has 3 rings (SSSR count). The molecule has 0 fully saturated rings. The number of rotatable bonds is 7. The van der Waals surface area contributed by atoms with Crippen molar-refractivity contribution in [1.29, 1.82) is 5.26 Å². The Balaban J connectivity index is 1.49. The van der Waals surface area contributed by atoms with Crippen LogP contribution in [0.5, 0.6) is 11.5 Å². The molecule has 1 aliphatic heterocycles. The largest absolute Gasteiger partial charge is 0.454 e. The fraction of sp³-hybridized carbons (Fsp3) is 0.200. The Bertz CT molecular complexity index is 906. The average molecular weight is 367 g/mol. The number of carbonyl (C=O) groups is 1. The number of nitrogens with one attached hydrogen (secondary N) is 2. The number of nitriles is 1. The maximum Gasteiger partial charge on any atom is 0.263 e. The van der Waals surface area contributed by atoms with E-state index < -0.39 is 5.91 Å². The summed E-state index contributed by atoms with van der Waals surface area (Å²) >= 11 is 0. The number of amides is 1. The van der Waals surface area contributed by atoms with Crippen LogP contribution >= 0.6 is 0 Å². The van der Waals surface area contributed by atoms with E-state index in [1.165, 1.54) is 12.3 Å². The molecular weight excluding hydrogens is 349 g/mol. The van der Waals surface area contributed by atoms with Crippen LogP contribution in [0.3, 0.4) is 0 Å². The molecule has 0 bridgehead atoms. The Hall–Kier alpha value is -3.53. The molecule has 2 aromatic rings. The van der Waals surface area contributed by atoms with Crippen LogP contribution in [0, 0.1) is 17.1 Å². The van der Waals surface area contributed by atoms with Gasteiger partial charge >= 0.3 is 0 Å². The highest BCUT2D eigenvalue weighted by atomic mass is 19.1. The molecule has 0 aromatic heterocycles. The first-order valence-corrected chi connectivity index (χ1v) is 8.41. The van der Waals surface area contributed by atoms with Crippen LogP contribution in [0.4, 0.5) is 4.39 Å². The Morgan fingerprint density at radius 3 is 2.85 bits per heavy atom. The molecule has 27 heavy (non-hydrogen) atoms. The summed E-state index contributed by atoms with van der Waals surface area (Å²) in [5.74, 6) is 0.535. The van der Waals surface area contributed by atoms with Gasteiger partial charge in [0.15, 0.2) is 11.5 Å². The Kier molecular flexibility index (Phi) is 5.90. The maximum absolute atomic E-state index is 13.5. The number of hydrogen-bond acceptors (Lipinski definition) is 5. The van der Waals surface area contributed by atoms with E-state index in [2.05, 4.69) is 10.6 Å². The number of benzene rings is 2. The Morgan fingerprint density at radius 2 is 2.04 bits per heavy atom. The molecule has 0 spiro atoms. The van der Waals surface area contributed by atoms with Gasteiger partial charge in [-0.25, -0.2) is 4.39 Å². The van der Waals surface area contributed by atoms with Crippen LogP contribution in [0.25, 0.3) is 0 Å². The number of nitrogens with zero attached hydrogens (tertiary/aromatic N) is 1. The lowest BCUT2D eigenvalue weighted by atomic mass is 10.1. The van der Waals surface area contributed by atoms with Crippen molar-refractivity contribution in [3.8, 4) is 17.6 Å². The standard InChI is InChI=1S/C20H18FN3O3/c21-17-4-2-1-3-15(17)7-8-23-12-16(10-22)20(25)24-11-14-5-6-18-19(9-14)27-13-26-18/h1-6,9,12,23H,7-8,11,13H2,(H,24,25)/b16-12-. The molecule has 2 aromatic carbocycles. The van der Waals surface area contributed by atoms with Crippen molar-refractivity contribution < 1.29 is 18.7 Å². The second-order valence-corrected chi connectivity index (χ2v) is 5.84. The molecule has 1 heterocycles. The van der Waals surface area contributed by atoms with Gasteiger partial charge in [-0.05, 0) is 35.7 Å². The van der Waals surface area contributed by atoms with E-state index in [1.807, 2.05) is 12.1 Å². The molecule has 0 radical (unpaired) electrons. The topological polar surface area (TPSA) is 83.4 Å². The van der Waals surface area contributed by atoms with Crippen LogP contribution in [-0.4, -0.2) is 19.2 Å². The van der Waals surface area contributed by atoms with Crippen molar-refractivity contribution in [3.63, 3.8) is 0 Å². The average Bonchev–Trinajstić information content (AvgIpc) is 3.15. The van der Waals surface area contributed by atoms with E-state index in [-0.39, 0.29) is 24.7 Å².